The fraction of sp³-hybridized carbons (Fsp3) is 0.692. The maximum Gasteiger partial charge on any atom is 0.289 e. The molecule has 286 valence electrons. The molecule has 52 heavy (non-hydrogen) atoms. The molecule has 1 aromatic rings. The molecule has 3 fully saturated rings. The van der Waals surface area contributed by atoms with Crippen LogP contribution in [-0.4, -0.2) is 82.4 Å². The van der Waals surface area contributed by atoms with Gasteiger partial charge in [0.05, 0.1) is 29.4 Å². The van der Waals surface area contributed by atoms with E-state index in [9.17, 15) is 24.0 Å². The highest BCUT2D eigenvalue weighted by atomic mass is 35.5. The molecule has 1 spiro atoms. The molecule has 0 bridgehead atoms. The molecule has 2 aliphatic heterocycles. The summed E-state index contributed by atoms with van der Waals surface area (Å²) in [5.74, 6) is -1.76. The molecule has 4 atom stereocenters. The zero-order chi connectivity index (χ0) is 37.8. The first kappa shape index (κ1) is 39.5. The first-order valence-electron chi connectivity index (χ1n) is 19.1. The van der Waals surface area contributed by atoms with Crippen molar-refractivity contribution in [3.63, 3.8) is 0 Å². The predicted octanol–water partition coefficient (Wildman–Crippen LogP) is 5.23. The smallest absolute Gasteiger partial charge is 0.289 e. The van der Waals surface area contributed by atoms with Gasteiger partial charge in [-0.05, 0) is 75.5 Å². The highest BCUT2D eigenvalue weighted by molar-refractivity contribution is 6.38. The standard InChI is InChI=1S/C39H56ClN5O7/c1-7-11-28(33(47)36(49)41-26-15-16-26)42-35(48)30-21-39(20-29(44-52-39)25-14-17-31(27(40)19-25)51-23(2)3)22-45(30)37(50)34(38(4,5)6)43-32(46)18-24-12-9-8-10-13-24/h14,17,19,23-24,26,28,30,34H,7-13,15-16,18,20-22H2,1-6H3,(H,41,49)(H,42,48)(H,43,46)/t28-,30-,34+,39?/m0/s1. The lowest BCUT2D eigenvalue weighted by atomic mass is 9.84. The van der Waals surface area contributed by atoms with Gasteiger partial charge in [0, 0.05) is 30.9 Å². The molecule has 1 unspecified atom stereocenters. The molecule has 0 aromatic heterocycles. The molecule has 13 heteroatoms. The van der Waals surface area contributed by atoms with Crippen LogP contribution in [-0.2, 0) is 28.8 Å². The number of benzene rings is 1. The van der Waals surface area contributed by atoms with Crippen LogP contribution in [0.25, 0.3) is 0 Å². The van der Waals surface area contributed by atoms with Crippen LogP contribution in [0.3, 0.4) is 0 Å². The number of Topliss-reactive ketones (excluding diaryl/α,β-unsaturated/α-hetero) is 1. The van der Waals surface area contributed by atoms with Crippen LogP contribution in [0.1, 0.15) is 124 Å². The summed E-state index contributed by atoms with van der Waals surface area (Å²) in [5.41, 5.74) is -0.404. The predicted molar refractivity (Wildman–Crippen MR) is 198 cm³/mol. The van der Waals surface area contributed by atoms with Crippen LogP contribution in [0, 0.1) is 11.3 Å². The lowest BCUT2D eigenvalue weighted by molar-refractivity contribution is -0.145. The third kappa shape index (κ3) is 9.85. The van der Waals surface area contributed by atoms with E-state index in [1.807, 2.05) is 47.6 Å². The van der Waals surface area contributed by atoms with Crippen LogP contribution in [0.2, 0.25) is 5.02 Å². The number of carbonyl (C=O) groups excluding carboxylic acids is 5. The van der Waals surface area contributed by atoms with Crippen molar-refractivity contribution >= 4 is 46.7 Å². The van der Waals surface area contributed by atoms with Gasteiger partial charge in [0.1, 0.15) is 17.8 Å². The molecule has 2 saturated carbocycles. The summed E-state index contributed by atoms with van der Waals surface area (Å²) >= 11 is 6.55. The Morgan fingerprint density at radius 2 is 1.77 bits per heavy atom. The van der Waals surface area contributed by atoms with E-state index in [2.05, 4.69) is 21.1 Å². The second kappa shape index (κ2) is 16.6. The Bertz CT molecular complexity index is 1550. The van der Waals surface area contributed by atoms with Crippen molar-refractivity contribution < 1.29 is 33.5 Å². The van der Waals surface area contributed by atoms with E-state index in [1.165, 1.54) is 11.3 Å². The zero-order valence-electron chi connectivity index (χ0n) is 31.5. The number of rotatable bonds is 14. The van der Waals surface area contributed by atoms with Gasteiger partial charge in [0.2, 0.25) is 23.5 Å². The fourth-order valence-electron chi connectivity index (χ4n) is 7.47. The van der Waals surface area contributed by atoms with Crippen molar-refractivity contribution in [3.05, 3.63) is 28.8 Å². The number of halogens is 1. The van der Waals surface area contributed by atoms with Gasteiger partial charge >= 0.3 is 0 Å². The molecular weight excluding hydrogens is 686 g/mol. The minimum absolute atomic E-state index is 0.0117. The molecule has 5 rings (SSSR count). The van der Waals surface area contributed by atoms with Crippen molar-refractivity contribution in [2.75, 3.05) is 6.54 Å². The van der Waals surface area contributed by atoms with Gasteiger partial charge in [-0.15, -0.1) is 0 Å². The van der Waals surface area contributed by atoms with Gasteiger partial charge in [-0.1, -0.05) is 70.1 Å². The minimum atomic E-state index is -1.05. The lowest BCUT2D eigenvalue weighted by Gasteiger charge is -2.36. The van der Waals surface area contributed by atoms with Gasteiger partial charge in [0.25, 0.3) is 5.91 Å². The van der Waals surface area contributed by atoms with Crippen molar-refractivity contribution in [1.29, 1.82) is 0 Å². The van der Waals surface area contributed by atoms with E-state index in [-0.39, 0.29) is 49.8 Å². The molecule has 4 aliphatic rings. The van der Waals surface area contributed by atoms with Crippen LogP contribution >= 0.6 is 11.6 Å². The molecule has 1 aromatic carbocycles. The number of ether oxygens (including phenoxy) is 1. The zero-order valence-corrected chi connectivity index (χ0v) is 32.3. The molecule has 12 nitrogen and oxygen atoms in total. The van der Waals surface area contributed by atoms with E-state index in [0.717, 1.165) is 44.1 Å². The van der Waals surface area contributed by atoms with E-state index in [0.29, 0.717) is 29.3 Å². The Morgan fingerprint density at radius 3 is 2.38 bits per heavy atom. The van der Waals surface area contributed by atoms with Crippen LogP contribution in [0.5, 0.6) is 5.75 Å². The first-order valence-corrected chi connectivity index (χ1v) is 19.4. The summed E-state index contributed by atoms with van der Waals surface area (Å²) in [4.78, 5) is 75.8. The number of hydrogen-bond acceptors (Lipinski definition) is 8. The molecule has 2 aliphatic carbocycles. The Kier molecular flexibility index (Phi) is 12.6. The average molecular weight is 742 g/mol. The Hall–Kier alpha value is -3.67. The molecular formula is C39H56ClN5O7. The topological polar surface area (TPSA) is 156 Å². The highest BCUT2D eigenvalue weighted by Gasteiger charge is 2.55. The number of carbonyl (C=O) groups is 5. The molecule has 0 radical (unpaired) electrons. The van der Waals surface area contributed by atoms with Crippen molar-refractivity contribution in [3.8, 4) is 5.75 Å². The highest BCUT2D eigenvalue weighted by Crippen LogP contribution is 2.41. The maximum absolute atomic E-state index is 14.7. The van der Waals surface area contributed by atoms with Crippen molar-refractivity contribution in [2.45, 2.75) is 154 Å². The van der Waals surface area contributed by atoms with Gasteiger partial charge in [0.15, 0.2) is 5.60 Å². The van der Waals surface area contributed by atoms with E-state index < -0.39 is 52.6 Å². The van der Waals surface area contributed by atoms with Crippen molar-refractivity contribution in [1.82, 2.24) is 20.9 Å². The SMILES string of the molecule is CCC[C@H](NC(=O)[C@@H]1CC2(CC(c3ccc(OC(C)C)c(Cl)c3)=NO2)CN1C(=O)[C@@H](NC(=O)CC1CCCCC1)C(C)(C)C)C(=O)C(=O)NC1CC1. The van der Waals surface area contributed by atoms with Gasteiger partial charge < -0.3 is 30.4 Å². The number of ketones is 1. The number of nitrogens with zero attached hydrogens (tertiary/aromatic N) is 2. The average Bonchev–Trinajstić information content (AvgIpc) is 3.68. The third-order valence-electron chi connectivity index (χ3n) is 10.4. The summed E-state index contributed by atoms with van der Waals surface area (Å²) < 4.78 is 5.79. The fourth-order valence-corrected chi connectivity index (χ4v) is 7.69. The van der Waals surface area contributed by atoms with Gasteiger partial charge in [-0.2, -0.15) is 0 Å². The maximum atomic E-state index is 14.7. The Morgan fingerprint density at radius 1 is 1.06 bits per heavy atom. The van der Waals surface area contributed by atoms with Crippen LogP contribution < -0.4 is 20.7 Å². The normalized spacial score (nSPS) is 23.1. The molecule has 1 saturated heterocycles. The van der Waals surface area contributed by atoms with E-state index in [4.69, 9.17) is 21.2 Å². The summed E-state index contributed by atoms with van der Waals surface area (Å²) in [6.07, 6.45) is 8.49. The first-order chi connectivity index (χ1) is 24.6. The Balaban J connectivity index is 1.39. The van der Waals surface area contributed by atoms with E-state index >= 15 is 0 Å². The van der Waals surface area contributed by atoms with Gasteiger partial charge in [-0.25, -0.2) is 0 Å². The summed E-state index contributed by atoms with van der Waals surface area (Å²) in [6, 6.07) is 2.34. The molecule has 3 N–H and O–H groups in total. The number of amides is 4. The second-order valence-corrected chi connectivity index (χ2v) is 16.9. The van der Waals surface area contributed by atoms with Crippen LogP contribution in [0.4, 0.5) is 0 Å². The van der Waals surface area contributed by atoms with Crippen molar-refractivity contribution in [2.24, 2.45) is 16.5 Å². The summed E-state index contributed by atoms with van der Waals surface area (Å²) in [5, 5.41) is 13.4. The molecule has 2 heterocycles. The Labute approximate surface area is 312 Å². The second-order valence-electron chi connectivity index (χ2n) is 16.5. The summed E-state index contributed by atoms with van der Waals surface area (Å²) in [7, 11) is 0. The quantitative estimate of drug-likeness (QED) is 0.221. The van der Waals surface area contributed by atoms with E-state index in [1.54, 1.807) is 12.1 Å². The monoisotopic (exact) mass is 741 g/mol. The lowest BCUT2D eigenvalue weighted by Crippen LogP contribution is -2.59. The van der Waals surface area contributed by atoms with Crippen LogP contribution in [0.15, 0.2) is 23.4 Å². The largest absolute Gasteiger partial charge is 0.489 e. The summed E-state index contributed by atoms with van der Waals surface area (Å²) in [6.45, 7) is 11.4. The molecule has 4 amide bonds. The number of likely N-dealkylation sites (tertiary alicyclic amines) is 1. The number of hydrogen-bond donors (Lipinski definition) is 3. The number of nitrogens with one attached hydrogen (secondary N) is 3. The van der Waals surface area contributed by atoms with Gasteiger partial charge in [-0.3, -0.25) is 24.0 Å². The minimum Gasteiger partial charge on any atom is -0.489 e. The third-order valence-corrected chi connectivity index (χ3v) is 10.7. The number of oxime groups is 1.